The number of hydrogen-bond donors (Lipinski definition) is 0. The average Bonchev–Trinajstić information content (AvgIpc) is 2.17. The molecular weight excluding hydrogens is 219 g/mol. The van der Waals surface area contributed by atoms with Gasteiger partial charge in [-0.25, -0.2) is 0 Å². The monoisotopic (exact) mass is 232 g/mol. The van der Waals surface area contributed by atoms with Gasteiger partial charge in [0.05, 0.1) is 0 Å². The van der Waals surface area contributed by atoms with Crippen LogP contribution in [0.15, 0.2) is 30.3 Å². The highest BCUT2D eigenvalue weighted by atomic mass is 35.7. The van der Waals surface area contributed by atoms with Crippen LogP contribution in [0, 0.1) is 0 Å². The van der Waals surface area contributed by atoms with Gasteiger partial charge in [0.2, 0.25) is 0 Å². The SMILES string of the molecule is CC(C)(COc1ccccc1)OPCl. The summed E-state index contributed by atoms with van der Waals surface area (Å²) in [6, 6.07) is 9.66. The van der Waals surface area contributed by atoms with E-state index in [0.717, 1.165) is 5.75 Å². The van der Waals surface area contributed by atoms with Gasteiger partial charge in [-0.1, -0.05) is 29.4 Å². The van der Waals surface area contributed by atoms with Gasteiger partial charge in [-0.3, -0.25) is 0 Å². The number of halogens is 1. The van der Waals surface area contributed by atoms with Crippen molar-refractivity contribution in [3.05, 3.63) is 30.3 Å². The summed E-state index contributed by atoms with van der Waals surface area (Å²) in [5, 5.41) is 0. The maximum Gasteiger partial charge on any atom is 0.119 e. The summed E-state index contributed by atoms with van der Waals surface area (Å²) in [5.74, 6) is 0.849. The Labute approximate surface area is 91.2 Å². The smallest absolute Gasteiger partial charge is 0.119 e. The predicted molar refractivity (Wildman–Crippen MR) is 61.3 cm³/mol. The lowest BCUT2D eigenvalue weighted by molar-refractivity contribution is 0.0698. The van der Waals surface area contributed by atoms with Crippen molar-refractivity contribution in [3.8, 4) is 5.75 Å². The minimum Gasteiger partial charge on any atom is -0.491 e. The third kappa shape index (κ3) is 4.28. The van der Waals surface area contributed by atoms with Crippen molar-refractivity contribution in [1.29, 1.82) is 0 Å². The number of hydrogen-bond acceptors (Lipinski definition) is 2. The molecule has 14 heavy (non-hydrogen) atoms. The summed E-state index contributed by atoms with van der Waals surface area (Å²) in [6.07, 6.45) is 0. The van der Waals surface area contributed by atoms with E-state index in [1.54, 1.807) is 0 Å². The molecule has 1 unspecified atom stereocenters. The van der Waals surface area contributed by atoms with Gasteiger partial charge in [-0.2, -0.15) is 0 Å². The Bertz CT molecular complexity index is 264. The summed E-state index contributed by atoms with van der Waals surface area (Å²) >= 11 is 5.52. The zero-order valence-electron chi connectivity index (χ0n) is 8.29. The Balaban J connectivity index is 2.40. The highest BCUT2D eigenvalue weighted by molar-refractivity contribution is 7.64. The minimum absolute atomic E-state index is 0.0311. The van der Waals surface area contributed by atoms with Crippen LogP contribution >= 0.6 is 19.4 Å². The molecule has 0 N–H and O–H groups in total. The Hall–Kier alpha value is -0.300. The first-order chi connectivity index (χ1) is 6.64. The van der Waals surface area contributed by atoms with Crippen molar-refractivity contribution in [2.75, 3.05) is 6.61 Å². The molecule has 2 nitrogen and oxygen atoms in total. The third-order valence-electron chi connectivity index (χ3n) is 1.64. The van der Waals surface area contributed by atoms with E-state index in [2.05, 4.69) is 0 Å². The highest BCUT2D eigenvalue weighted by Gasteiger charge is 2.19. The second kappa shape index (κ2) is 5.55. The summed E-state index contributed by atoms with van der Waals surface area (Å²) in [7, 11) is -0.0311. The Morgan fingerprint density at radius 2 is 1.93 bits per heavy atom. The van der Waals surface area contributed by atoms with Crippen LogP contribution in [0.2, 0.25) is 0 Å². The van der Waals surface area contributed by atoms with Gasteiger partial charge in [0.1, 0.15) is 26.1 Å². The summed E-state index contributed by atoms with van der Waals surface area (Å²) in [4.78, 5) is 0. The van der Waals surface area contributed by atoms with E-state index in [4.69, 9.17) is 20.5 Å². The molecule has 4 heteroatoms. The molecule has 0 aliphatic carbocycles. The molecule has 1 aromatic rings. The van der Waals surface area contributed by atoms with Gasteiger partial charge in [-0.15, -0.1) is 0 Å². The molecule has 0 heterocycles. The second-order valence-corrected chi connectivity index (χ2v) is 4.36. The molecule has 0 saturated heterocycles. The maximum atomic E-state index is 5.54. The van der Waals surface area contributed by atoms with Gasteiger partial charge in [0.25, 0.3) is 0 Å². The molecule has 0 saturated carbocycles. The summed E-state index contributed by atoms with van der Waals surface area (Å²) in [5.41, 5.74) is -0.337. The predicted octanol–water partition coefficient (Wildman–Crippen LogP) is 3.61. The van der Waals surface area contributed by atoms with E-state index in [1.165, 1.54) is 0 Å². The normalized spacial score (nSPS) is 12.2. The molecule has 78 valence electrons. The Kier molecular flexibility index (Phi) is 4.67. The van der Waals surface area contributed by atoms with E-state index in [0.29, 0.717) is 6.61 Å². The highest BCUT2D eigenvalue weighted by Crippen LogP contribution is 2.27. The van der Waals surface area contributed by atoms with Crippen LogP contribution in [0.5, 0.6) is 5.75 Å². The van der Waals surface area contributed by atoms with Crippen LogP contribution in [-0.4, -0.2) is 12.2 Å². The van der Waals surface area contributed by atoms with E-state index in [1.807, 2.05) is 44.2 Å². The molecule has 0 amide bonds. The molecule has 1 rings (SSSR count). The molecule has 0 radical (unpaired) electrons. The molecule has 0 aromatic heterocycles. The average molecular weight is 233 g/mol. The number of benzene rings is 1. The van der Waals surface area contributed by atoms with Gasteiger partial charge < -0.3 is 9.26 Å². The van der Waals surface area contributed by atoms with Crippen molar-refractivity contribution >= 4 is 19.4 Å². The molecule has 0 bridgehead atoms. The number of para-hydroxylation sites is 1. The van der Waals surface area contributed by atoms with Gasteiger partial charge in [0, 0.05) is 0 Å². The van der Waals surface area contributed by atoms with Crippen LogP contribution in [0.1, 0.15) is 13.8 Å². The fourth-order valence-corrected chi connectivity index (χ4v) is 1.80. The van der Waals surface area contributed by atoms with E-state index in [9.17, 15) is 0 Å². The van der Waals surface area contributed by atoms with Crippen molar-refractivity contribution in [2.24, 2.45) is 0 Å². The summed E-state index contributed by atoms with van der Waals surface area (Å²) in [6.45, 7) is 4.40. The van der Waals surface area contributed by atoms with Crippen molar-refractivity contribution < 1.29 is 9.26 Å². The Morgan fingerprint density at radius 1 is 1.29 bits per heavy atom. The van der Waals surface area contributed by atoms with Crippen LogP contribution in [0.4, 0.5) is 0 Å². The number of ether oxygens (including phenoxy) is 1. The molecule has 1 aromatic carbocycles. The van der Waals surface area contributed by atoms with E-state index in [-0.39, 0.29) is 13.8 Å². The van der Waals surface area contributed by atoms with Crippen molar-refractivity contribution in [2.45, 2.75) is 19.4 Å². The standard InChI is InChI=1S/C10H14ClO2P/c1-10(2,13-14-11)8-12-9-6-4-3-5-7-9/h3-7,14H,8H2,1-2H3. The van der Waals surface area contributed by atoms with Crippen molar-refractivity contribution in [3.63, 3.8) is 0 Å². The Morgan fingerprint density at radius 3 is 2.50 bits per heavy atom. The zero-order valence-corrected chi connectivity index (χ0v) is 10.0. The van der Waals surface area contributed by atoms with Crippen LogP contribution < -0.4 is 4.74 Å². The van der Waals surface area contributed by atoms with Gasteiger partial charge in [-0.05, 0) is 26.0 Å². The van der Waals surface area contributed by atoms with Crippen LogP contribution in [0.25, 0.3) is 0 Å². The first-order valence-electron chi connectivity index (χ1n) is 4.35. The maximum absolute atomic E-state index is 5.54. The third-order valence-corrected chi connectivity index (χ3v) is 2.51. The summed E-state index contributed by atoms with van der Waals surface area (Å²) < 4.78 is 10.9. The first kappa shape index (κ1) is 11.8. The molecule has 0 aliphatic heterocycles. The molecule has 0 spiro atoms. The van der Waals surface area contributed by atoms with Crippen molar-refractivity contribution in [1.82, 2.24) is 0 Å². The lowest BCUT2D eigenvalue weighted by Gasteiger charge is -2.23. The van der Waals surface area contributed by atoms with Crippen LogP contribution in [-0.2, 0) is 4.52 Å². The lowest BCUT2D eigenvalue weighted by atomic mass is 10.2. The van der Waals surface area contributed by atoms with Gasteiger partial charge in [0.15, 0.2) is 0 Å². The molecule has 0 fully saturated rings. The zero-order chi connectivity index (χ0) is 10.4. The number of rotatable bonds is 5. The minimum atomic E-state index is -0.337. The van der Waals surface area contributed by atoms with Crippen LogP contribution in [0.3, 0.4) is 0 Å². The fourth-order valence-electron chi connectivity index (χ4n) is 0.908. The quantitative estimate of drug-likeness (QED) is 0.722. The van der Waals surface area contributed by atoms with Gasteiger partial charge >= 0.3 is 0 Å². The topological polar surface area (TPSA) is 18.5 Å². The molecule has 1 atom stereocenters. The molecule has 0 aliphatic rings. The second-order valence-electron chi connectivity index (χ2n) is 3.54. The fraction of sp³-hybridized carbons (Fsp3) is 0.400. The molecular formula is C10H14ClO2P. The van der Waals surface area contributed by atoms with E-state index < -0.39 is 0 Å². The largest absolute Gasteiger partial charge is 0.491 e. The lowest BCUT2D eigenvalue weighted by Crippen LogP contribution is -2.29. The first-order valence-corrected chi connectivity index (χ1v) is 6.27. The van der Waals surface area contributed by atoms with E-state index >= 15 is 0 Å².